The van der Waals surface area contributed by atoms with Crippen molar-refractivity contribution in [1.29, 1.82) is 0 Å². The summed E-state index contributed by atoms with van der Waals surface area (Å²) in [5.41, 5.74) is 8.07. The normalized spacial score (nSPS) is 11.8. The van der Waals surface area contributed by atoms with Crippen LogP contribution in [0.5, 0.6) is 5.75 Å². The minimum atomic E-state index is -1.20. The van der Waals surface area contributed by atoms with Gasteiger partial charge in [-0.1, -0.05) is 17.7 Å². The molecule has 7 nitrogen and oxygen atoms in total. The second-order valence-corrected chi connectivity index (χ2v) is 9.07. The molecule has 0 bridgehead atoms. The largest absolute Gasteiger partial charge is 0.497 e. The number of aromatic nitrogens is 1. The van der Waals surface area contributed by atoms with Gasteiger partial charge in [-0.25, -0.2) is 8.78 Å². The maximum absolute atomic E-state index is 13.9. The Balaban J connectivity index is 1.71. The Kier molecular flexibility index (Phi) is 8.60. The quantitative estimate of drug-likeness (QED) is 0.257. The Hall–Kier alpha value is -3.95. The van der Waals surface area contributed by atoms with Crippen LogP contribution in [0.15, 0.2) is 66.9 Å². The van der Waals surface area contributed by atoms with Crippen LogP contribution in [0.1, 0.15) is 23.6 Å². The first-order valence-corrected chi connectivity index (χ1v) is 12.3. The predicted molar refractivity (Wildman–Crippen MR) is 143 cm³/mol. The summed E-state index contributed by atoms with van der Waals surface area (Å²) in [7, 11) is 1.58. The lowest BCUT2D eigenvalue weighted by Gasteiger charge is -2.32. The van der Waals surface area contributed by atoms with E-state index in [1.165, 1.54) is 41.3 Å². The smallest absolute Gasteiger partial charge is 0.251 e. The summed E-state index contributed by atoms with van der Waals surface area (Å²) < 4.78 is 32.6. The molecule has 0 fully saturated rings. The molecule has 10 heteroatoms. The van der Waals surface area contributed by atoms with Crippen LogP contribution in [0.4, 0.5) is 14.5 Å². The number of anilines is 1. The van der Waals surface area contributed by atoms with Crippen molar-refractivity contribution < 1.29 is 23.1 Å². The van der Waals surface area contributed by atoms with Crippen molar-refractivity contribution in [2.24, 2.45) is 5.73 Å². The molecule has 4 aromatic rings. The summed E-state index contributed by atoms with van der Waals surface area (Å²) in [6.07, 6.45) is 2.22. The fourth-order valence-corrected chi connectivity index (χ4v) is 4.59. The van der Waals surface area contributed by atoms with Crippen LogP contribution >= 0.6 is 11.6 Å². The van der Waals surface area contributed by atoms with E-state index in [2.05, 4.69) is 10.3 Å². The van der Waals surface area contributed by atoms with Crippen LogP contribution in [0.25, 0.3) is 10.9 Å². The standard InChI is InChI=1S/C28H27ClF2N4O3/c1-38-21-7-9-25-23(15-21)17(16-33-25)11-13-35(26(36)10-12-32)27(22-8-4-19(31)14-24(22)29)28(37)34-20-5-2-18(30)3-6-20/h2-9,14-16,27,33H,10-13,32H2,1H3,(H,34,37). The third-order valence-corrected chi connectivity index (χ3v) is 6.53. The third-order valence-electron chi connectivity index (χ3n) is 6.20. The molecule has 1 aromatic heterocycles. The van der Waals surface area contributed by atoms with Crippen molar-refractivity contribution in [3.63, 3.8) is 0 Å². The number of fused-ring (bicyclic) bond motifs is 1. The number of nitrogens with two attached hydrogens (primary N) is 1. The van der Waals surface area contributed by atoms with Gasteiger partial charge in [-0.15, -0.1) is 0 Å². The zero-order valence-electron chi connectivity index (χ0n) is 20.6. The number of benzene rings is 3. The van der Waals surface area contributed by atoms with E-state index < -0.39 is 23.6 Å². The Morgan fingerprint density at radius 3 is 2.50 bits per heavy atom. The van der Waals surface area contributed by atoms with Crippen molar-refractivity contribution in [3.8, 4) is 5.75 Å². The average molecular weight is 541 g/mol. The van der Waals surface area contributed by atoms with E-state index in [1.54, 1.807) is 7.11 Å². The summed E-state index contributed by atoms with van der Waals surface area (Å²) in [5, 5.41) is 3.63. The highest BCUT2D eigenvalue weighted by atomic mass is 35.5. The lowest BCUT2D eigenvalue weighted by Crippen LogP contribution is -2.43. The number of halogens is 3. The van der Waals surface area contributed by atoms with E-state index in [4.69, 9.17) is 22.1 Å². The number of nitrogens with zero attached hydrogens (tertiary/aromatic N) is 1. The maximum Gasteiger partial charge on any atom is 0.251 e. The SMILES string of the molecule is COc1ccc2[nH]cc(CCN(C(=O)CCN)C(C(=O)Nc3ccc(F)cc3)c3ccc(F)cc3Cl)c2c1. The summed E-state index contributed by atoms with van der Waals surface area (Å²) in [6, 6.07) is 13.3. The molecule has 198 valence electrons. The highest BCUT2D eigenvalue weighted by molar-refractivity contribution is 6.31. The van der Waals surface area contributed by atoms with E-state index in [1.807, 2.05) is 24.4 Å². The molecule has 4 N–H and O–H groups in total. The van der Waals surface area contributed by atoms with Gasteiger partial charge in [0.2, 0.25) is 5.91 Å². The number of rotatable bonds is 10. The Labute approximate surface area is 223 Å². The van der Waals surface area contributed by atoms with Gasteiger partial charge in [0.05, 0.1) is 7.11 Å². The monoisotopic (exact) mass is 540 g/mol. The average Bonchev–Trinajstić information content (AvgIpc) is 3.30. The molecule has 1 heterocycles. The van der Waals surface area contributed by atoms with Crippen LogP contribution in [-0.4, -0.2) is 41.9 Å². The number of carbonyl (C=O) groups excluding carboxylic acids is 2. The second kappa shape index (κ2) is 12.1. The first kappa shape index (κ1) is 27.1. The van der Waals surface area contributed by atoms with Gasteiger partial charge < -0.3 is 25.7 Å². The third kappa shape index (κ3) is 6.12. The summed E-state index contributed by atoms with van der Waals surface area (Å²) >= 11 is 6.38. The minimum Gasteiger partial charge on any atom is -0.497 e. The van der Waals surface area contributed by atoms with Gasteiger partial charge >= 0.3 is 0 Å². The molecule has 0 aliphatic rings. The van der Waals surface area contributed by atoms with Crippen LogP contribution in [0.3, 0.4) is 0 Å². The Morgan fingerprint density at radius 2 is 1.82 bits per heavy atom. The van der Waals surface area contributed by atoms with Gasteiger partial charge in [-0.05, 0) is 66.6 Å². The van der Waals surface area contributed by atoms with Crippen molar-refractivity contribution >= 4 is 40.0 Å². The minimum absolute atomic E-state index is 0.00775. The maximum atomic E-state index is 13.9. The summed E-state index contributed by atoms with van der Waals surface area (Å²) in [4.78, 5) is 31.6. The topological polar surface area (TPSA) is 100 Å². The zero-order valence-corrected chi connectivity index (χ0v) is 21.4. The van der Waals surface area contributed by atoms with Crippen LogP contribution < -0.4 is 15.8 Å². The molecule has 0 aliphatic carbocycles. The second-order valence-electron chi connectivity index (χ2n) is 8.67. The van der Waals surface area contributed by atoms with E-state index in [-0.39, 0.29) is 36.0 Å². The molecule has 1 atom stereocenters. The van der Waals surface area contributed by atoms with Crippen molar-refractivity contribution in [1.82, 2.24) is 9.88 Å². The Morgan fingerprint density at radius 1 is 1.08 bits per heavy atom. The zero-order chi connectivity index (χ0) is 27.2. The van der Waals surface area contributed by atoms with Crippen LogP contribution in [0, 0.1) is 11.6 Å². The molecule has 0 aliphatic heterocycles. The molecule has 0 spiro atoms. The molecular formula is C28H27ClF2N4O3. The molecule has 3 aromatic carbocycles. The van der Waals surface area contributed by atoms with Crippen LogP contribution in [0.2, 0.25) is 5.02 Å². The lowest BCUT2D eigenvalue weighted by molar-refractivity contribution is -0.138. The number of methoxy groups -OCH3 is 1. The number of aromatic amines is 1. The Bertz CT molecular complexity index is 1440. The van der Waals surface area contributed by atoms with Crippen molar-refractivity contribution in [2.45, 2.75) is 18.9 Å². The molecule has 38 heavy (non-hydrogen) atoms. The molecule has 0 saturated heterocycles. The molecule has 2 amide bonds. The molecule has 4 rings (SSSR count). The molecule has 0 saturated carbocycles. The van der Waals surface area contributed by atoms with Crippen molar-refractivity contribution in [2.75, 3.05) is 25.5 Å². The summed E-state index contributed by atoms with van der Waals surface area (Å²) in [5.74, 6) is -1.31. The van der Waals surface area contributed by atoms with E-state index in [0.29, 0.717) is 17.9 Å². The van der Waals surface area contributed by atoms with E-state index in [0.717, 1.165) is 22.5 Å². The van der Waals surface area contributed by atoms with Gasteiger partial charge in [-0.3, -0.25) is 9.59 Å². The number of carbonyl (C=O) groups is 2. The first-order chi connectivity index (χ1) is 18.3. The number of amides is 2. The number of hydrogen-bond donors (Lipinski definition) is 3. The number of ether oxygens (including phenoxy) is 1. The van der Waals surface area contributed by atoms with E-state index >= 15 is 0 Å². The lowest BCUT2D eigenvalue weighted by atomic mass is 10.0. The highest BCUT2D eigenvalue weighted by Crippen LogP contribution is 2.31. The van der Waals surface area contributed by atoms with Gasteiger partial charge in [-0.2, -0.15) is 0 Å². The van der Waals surface area contributed by atoms with Crippen molar-refractivity contribution in [3.05, 3.63) is 94.6 Å². The molecule has 0 radical (unpaired) electrons. The molecular weight excluding hydrogens is 514 g/mol. The van der Waals surface area contributed by atoms with E-state index in [9.17, 15) is 18.4 Å². The van der Waals surface area contributed by atoms with Gasteiger partial charge in [0, 0.05) is 52.9 Å². The van der Waals surface area contributed by atoms with Gasteiger partial charge in [0.1, 0.15) is 23.4 Å². The summed E-state index contributed by atoms with van der Waals surface area (Å²) in [6.45, 7) is 0.210. The number of nitrogens with one attached hydrogen (secondary N) is 2. The fourth-order valence-electron chi connectivity index (χ4n) is 4.31. The first-order valence-electron chi connectivity index (χ1n) is 12.0. The highest BCUT2D eigenvalue weighted by Gasteiger charge is 2.33. The fraction of sp³-hybridized carbons (Fsp3) is 0.214. The number of H-pyrrole nitrogens is 1. The van der Waals surface area contributed by atoms with Crippen LogP contribution in [-0.2, 0) is 16.0 Å². The van der Waals surface area contributed by atoms with Gasteiger partial charge in [0.25, 0.3) is 5.91 Å². The molecule has 1 unspecified atom stereocenters. The number of hydrogen-bond acceptors (Lipinski definition) is 4. The van der Waals surface area contributed by atoms with Gasteiger partial charge in [0.15, 0.2) is 0 Å². The predicted octanol–water partition coefficient (Wildman–Crippen LogP) is 5.21.